The smallest absolute Gasteiger partial charge is 0.337 e. The van der Waals surface area contributed by atoms with Gasteiger partial charge in [-0.2, -0.15) is 8.78 Å². The highest BCUT2D eigenvalue weighted by Gasteiger charge is 2.34. The molecule has 0 heterocycles. The molecule has 0 saturated heterocycles. The van der Waals surface area contributed by atoms with Crippen LogP contribution in [0.25, 0.3) is 6.08 Å². The molecule has 1 N–H and O–H groups in total. The zero-order valence-electron chi connectivity index (χ0n) is 11.2. The van der Waals surface area contributed by atoms with E-state index in [0.29, 0.717) is 5.56 Å². The number of hydrogen-bond acceptors (Lipinski definition) is 1. The fraction of sp³-hybridized carbons (Fsp3) is 0.111. The third kappa shape index (κ3) is 4.55. The Morgan fingerprint density at radius 2 is 1.52 bits per heavy atom. The molecular weight excluding hydrogens is 270 g/mol. The Hall–Kier alpha value is -2.44. The summed E-state index contributed by atoms with van der Waals surface area (Å²) in [7, 11) is 0. The van der Waals surface area contributed by atoms with Gasteiger partial charge in [0.1, 0.15) is 6.10 Å². The fourth-order valence-corrected chi connectivity index (χ4v) is 1.64. The van der Waals surface area contributed by atoms with Gasteiger partial charge in [0.25, 0.3) is 0 Å². The molecule has 1 nitrogen and oxygen atoms in total. The third-order valence-electron chi connectivity index (χ3n) is 2.79. The molecule has 0 amide bonds. The van der Waals surface area contributed by atoms with Crippen LogP contribution in [0.1, 0.15) is 11.1 Å². The predicted octanol–water partition coefficient (Wildman–Crippen LogP) is 3.75. The van der Waals surface area contributed by atoms with Crippen LogP contribution < -0.4 is 0 Å². The van der Waals surface area contributed by atoms with E-state index in [1.807, 2.05) is 12.0 Å². The molecule has 0 spiro atoms. The molecule has 0 radical (unpaired) electrons. The first-order valence-electron chi connectivity index (χ1n) is 6.45. The summed E-state index contributed by atoms with van der Waals surface area (Å²) in [4.78, 5) is 0. The van der Waals surface area contributed by atoms with Gasteiger partial charge in [0.15, 0.2) is 0 Å². The lowest BCUT2D eigenvalue weighted by Gasteiger charge is -2.13. The quantitative estimate of drug-likeness (QED) is 0.851. The maximum atomic E-state index is 13.7. The minimum absolute atomic E-state index is 0.483. The van der Waals surface area contributed by atoms with Crippen molar-refractivity contribution in [3.63, 3.8) is 0 Å². The van der Waals surface area contributed by atoms with Gasteiger partial charge in [0, 0.05) is 5.56 Å². The molecule has 21 heavy (non-hydrogen) atoms. The summed E-state index contributed by atoms with van der Waals surface area (Å²) in [6, 6.07) is 17.4. The summed E-state index contributed by atoms with van der Waals surface area (Å²) in [6.07, 6.45) is 0.548. The molecule has 0 aliphatic rings. The summed E-state index contributed by atoms with van der Waals surface area (Å²) in [6.45, 7) is 0. The van der Waals surface area contributed by atoms with E-state index in [0.717, 1.165) is 11.6 Å². The van der Waals surface area contributed by atoms with E-state index >= 15 is 0 Å². The van der Waals surface area contributed by atoms with Crippen LogP contribution in [0, 0.1) is 11.8 Å². The van der Waals surface area contributed by atoms with Crippen molar-refractivity contribution in [2.75, 3.05) is 0 Å². The zero-order valence-corrected chi connectivity index (χ0v) is 11.2. The summed E-state index contributed by atoms with van der Waals surface area (Å²) in [5.74, 6) is 0.698. The summed E-state index contributed by atoms with van der Waals surface area (Å²) >= 11 is 0. The second-order valence-corrected chi connectivity index (χ2v) is 4.45. The summed E-state index contributed by atoms with van der Waals surface area (Å²) in [5.41, 5.74) is 1.22. The van der Waals surface area contributed by atoms with Crippen LogP contribution in [0.15, 0.2) is 66.7 Å². The number of benzene rings is 2. The standard InChI is InChI=1S/C18H14F2O/c19-18(20,14-13-16-9-5-2-6-10-16)17(21)12-11-15-7-3-1-4-8-15/h1-12,17,21H/b12-11+. The molecule has 0 fully saturated rings. The van der Waals surface area contributed by atoms with Gasteiger partial charge < -0.3 is 5.11 Å². The highest BCUT2D eigenvalue weighted by molar-refractivity contribution is 5.50. The number of aliphatic hydroxyl groups excluding tert-OH is 1. The fourth-order valence-electron chi connectivity index (χ4n) is 1.64. The van der Waals surface area contributed by atoms with Crippen LogP contribution in [0.3, 0.4) is 0 Å². The first kappa shape index (κ1) is 15.0. The lowest BCUT2D eigenvalue weighted by atomic mass is 10.1. The molecule has 1 unspecified atom stereocenters. The van der Waals surface area contributed by atoms with Crippen molar-refractivity contribution in [3.8, 4) is 11.8 Å². The third-order valence-corrected chi connectivity index (χ3v) is 2.79. The highest BCUT2D eigenvalue weighted by Crippen LogP contribution is 2.19. The average Bonchev–Trinajstić information content (AvgIpc) is 2.52. The van der Waals surface area contributed by atoms with Crippen LogP contribution in [-0.4, -0.2) is 17.1 Å². The molecule has 3 heteroatoms. The van der Waals surface area contributed by atoms with Crippen molar-refractivity contribution >= 4 is 6.08 Å². The number of hydrogen-bond donors (Lipinski definition) is 1. The Labute approximate surface area is 122 Å². The summed E-state index contributed by atoms with van der Waals surface area (Å²) < 4.78 is 27.5. The van der Waals surface area contributed by atoms with Gasteiger partial charge in [0.2, 0.25) is 0 Å². The molecule has 2 aromatic carbocycles. The summed E-state index contributed by atoms with van der Waals surface area (Å²) in [5, 5.41) is 9.58. The van der Waals surface area contributed by atoms with E-state index in [2.05, 4.69) is 5.92 Å². The zero-order chi connectivity index (χ0) is 15.1. The molecule has 106 valence electrons. The lowest BCUT2D eigenvalue weighted by Crippen LogP contribution is -2.29. The minimum atomic E-state index is -3.50. The van der Waals surface area contributed by atoms with Crippen LogP contribution in [0.4, 0.5) is 8.78 Å². The van der Waals surface area contributed by atoms with E-state index < -0.39 is 12.0 Å². The Balaban J connectivity index is 2.09. The van der Waals surface area contributed by atoms with Gasteiger partial charge in [0.05, 0.1) is 0 Å². The average molecular weight is 284 g/mol. The van der Waals surface area contributed by atoms with Crippen molar-refractivity contribution < 1.29 is 13.9 Å². The number of halogens is 2. The molecular formula is C18H14F2O. The molecule has 2 aromatic rings. The minimum Gasteiger partial charge on any atom is -0.382 e. The van der Waals surface area contributed by atoms with Gasteiger partial charge in [-0.1, -0.05) is 60.5 Å². The van der Waals surface area contributed by atoms with E-state index in [-0.39, 0.29) is 0 Å². The molecule has 2 rings (SSSR count). The van der Waals surface area contributed by atoms with Crippen molar-refractivity contribution in [1.82, 2.24) is 0 Å². The van der Waals surface area contributed by atoms with Crippen molar-refractivity contribution in [2.45, 2.75) is 12.0 Å². The monoisotopic (exact) mass is 284 g/mol. The lowest BCUT2D eigenvalue weighted by molar-refractivity contribution is -0.0362. The van der Waals surface area contributed by atoms with Crippen LogP contribution in [-0.2, 0) is 0 Å². The van der Waals surface area contributed by atoms with Crippen LogP contribution in [0.2, 0.25) is 0 Å². The van der Waals surface area contributed by atoms with E-state index in [4.69, 9.17) is 0 Å². The SMILES string of the molecule is OC(/C=C/c1ccccc1)C(F)(F)C#Cc1ccccc1. The maximum Gasteiger partial charge on any atom is 0.337 e. The Morgan fingerprint density at radius 3 is 2.14 bits per heavy atom. The Kier molecular flexibility index (Phi) is 4.86. The predicted molar refractivity (Wildman–Crippen MR) is 79.7 cm³/mol. The first-order chi connectivity index (χ1) is 10.1. The Morgan fingerprint density at radius 1 is 0.952 bits per heavy atom. The van der Waals surface area contributed by atoms with E-state index in [1.165, 1.54) is 6.08 Å². The molecule has 1 atom stereocenters. The molecule has 0 saturated carbocycles. The molecule has 0 aromatic heterocycles. The normalized spacial score (nSPS) is 12.7. The molecule has 0 bridgehead atoms. The topological polar surface area (TPSA) is 20.2 Å². The van der Waals surface area contributed by atoms with Gasteiger partial charge in [-0.15, -0.1) is 0 Å². The number of rotatable bonds is 3. The molecule has 0 aliphatic heterocycles. The van der Waals surface area contributed by atoms with Crippen LogP contribution in [0.5, 0.6) is 0 Å². The first-order valence-corrected chi connectivity index (χ1v) is 6.45. The second-order valence-electron chi connectivity index (χ2n) is 4.45. The van der Waals surface area contributed by atoms with Crippen molar-refractivity contribution in [1.29, 1.82) is 0 Å². The number of alkyl halides is 2. The van der Waals surface area contributed by atoms with Crippen LogP contribution >= 0.6 is 0 Å². The Bertz CT molecular complexity index is 652. The van der Waals surface area contributed by atoms with Crippen molar-refractivity contribution in [3.05, 3.63) is 77.9 Å². The van der Waals surface area contributed by atoms with Gasteiger partial charge in [-0.05, 0) is 29.7 Å². The molecule has 0 aliphatic carbocycles. The second kappa shape index (κ2) is 6.83. The van der Waals surface area contributed by atoms with Gasteiger partial charge >= 0.3 is 5.92 Å². The van der Waals surface area contributed by atoms with E-state index in [1.54, 1.807) is 54.6 Å². The van der Waals surface area contributed by atoms with Gasteiger partial charge in [-0.3, -0.25) is 0 Å². The van der Waals surface area contributed by atoms with E-state index in [9.17, 15) is 13.9 Å². The van der Waals surface area contributed by atoms with Gasteiger partial charge in [-0.25, -0.2) is 0 Å². The number of aliphatic hydroxyl groups is 1. The maximum absolute atomic E-state index is 13.7. The largest absolute Gasteiger partial charge is 0.382 e. The van der Waals surface area contributed by atoms with Crippen molar-refractivity contribution in [2.24, 2.45) is 0 Å². The highest BCUT2D eigenvalue weighted by atomic mass is 19.3.